The Labute approximate surface area is 113 Å². The van der Waals surface area contributed by atoms with Crippen LogP contribution in [-0.4, -0.2) is 42.4 Å². The number of nitrogens with one attached hydrogen (secondary N) is 1. The fourth-order valence-corrected chi connectivity index (χ4v) is 2.54. The summed E-state index contributed by atoms with van der Waals surface area (Å²) < 4.78 is 13.1. The number of carbonyl (C=O) groups is 1. The summed E-state index contributed by atoms with van der Waals surface area (Å²) in [5.74, 6) is -0.353. The molecular weight excluding hydrogens is 243 g/mol. The van der Waals surface area contributed by atoms with Gasteiger partial charge in [0.05, 0.1) is 0 Å². The maximum Gasteiger partial charge on any atom is 0.164 e. The van der Waals surface area contributed by atoms with E-state index in [9.17, 15) is 9.18 Å². The number of hydrogen-bond donors (Lipinski definition) is 1. The number of carbonyl (C=O) groups excluding carboxylic acids is 1. The van der Waals surface area contributed by atoms with Crippen molar-refractivity contribution in [1.82, 2.24) is 10.2 Å². The summed E-state index contributed by atoms with van der Waals surface area (Å²) in [4.78, 5) is 14.6. The van der Waals surface area contributed by atoms with E-state index >= 15 is 0 Å². The van der Waals surface area contributed by atoms with Gasteiger partial charge in [-0.25, -0.2) is 4.39 Å². The molecular formula is C15H21FN2O. The summed E-state index contributed by atoms with van der Waals surface area (Å²) in [6.45, 7) is 7.97. The molecule has 1 fully saturated rings. The first-order chi connectivity index (χ1) is 8.99. The molecule has 1 aliphatic rings. The second-order valence-electron chi connectivity index (χ2n) is 5.66. The Morgan fingerprint density at radius 2 is 2.05 bits per heavy atom. The maximum atomic E-state index is 13.1. The molecule has 0 amide bonds. The smallest absolute Gasteiger partial charge is 0.164 e. The van der Waals surface area contributed by atoms with Crippen molar-refractivity contribution in [2.24, 2.45) is 0 Å². The van der Waals surface area contributed by atoms with E-state index in [1.807, 2.05) is 0 Å². The van der Waals surface area contributed by atoms with Gasteiger partial charge in [0.2, 0.25) is 0 Å². The van der Waals surface area contributed by atoms with Crippen molar-refractivity contribution in [1.29, 1.82) is 0 Å². The minimum atomic E-state index is -0.356. The summed E-state index contributed by atoms with van der Waals surface area (Å²) in [5.41, 5.74) is 0.272. The van der Waals surface area contributed by atoms with Crippen molar-refractivity contribution in [2.75, 3.05) is 26.2 Å². The van der Waals surface area contributed by atoms with Crippen molar-refractivity contribution >= 4 is 5.78 Å². The molecule has 1 N–H and O–H groups in total. The average molecular weight is 264 g/mol. The molecule has 1 aromatic carbocycles. The predicted molar refractivity (Wildman–Crippen MR) is 73.9 cm³/mol. The van der Waals surface area contributed by atoms with E-state index in [2.05, 4.69) is 24.1 Å². The monoisotopic (exact) mass is 264 g/mol. The van der Waals surface area contributed by atoms with Gasteiger partial charge in [-0.1, -0.05) is 12.1 Å². The quantitative estimate of drug-likeness (QED) is 0.845. The molecule has 1 aliphatic heterocycles. The number of halogens is 1. The van der Waals surface area contributed by atoms with Crippen molar-refractivity contribution in [3.8, 4) is 0 Å². The van der Waals surface area contributed by atoms with Crippen LogP contribution < -0.4 is 5.32 Å². The van der Waals surface area contributed by atoms with Gasteiger partial charge in [0, 0.05) is 43.7 Å². The van der Waals surface area contributed by atoms with Crippen molar-refractivity contribution in [3.05, 3.63) is 35.6 Å². The molecule has 1 saturated heterocycles. The van der Waals surface area contributed by atoms with Crippen LogP contribution in [0.2, 0.25) is 0 Å². The lowest BCUT2D eigenvalue weighted by atomic mass is 9.92. The van der Waals surface area contributed by atoms with Gasteiger partial charge in [-0.05, 0) is 26.0 Å². The van der Waals surface area contributed by atoms with E-state index in [4.69, 9.17) is 0 Å². The van der Waals surface area contributed by atoms with E-state index in [1.54, 1.807) is 12.1 Å². The minimum absolute atomic E-state index is 0.00281. The molecule has 104 valence electrons. The molecule has 0 bridgehead atoms. The van der Waals surface area contributed by atoms with Crippen LogP contribution in [-0.2, 0) is 0 Å². The van der Waals surface area contributed by atoms with Crippen LogP contribution in [0.15, 0.2) is 24.3 Å². The lowest BCUT2D eigenvalue weighted by molar-refractivity contribution is 0.0729. The Kier molecular flexibility index (Phi) is 4.32. The Morgan fingerprint density at radius 3 is 2.68 bits per heavy atom. The fraction of sp³-hybridized carbons (Fsp3) is 0.533. The van der Waals surface area contributed by atoms with Crippen LogP contribution in [0.1, 0.15) is 30.6 Å². The van der Waals surface area contributed by atoms with Gasteiger partial charge >= 0.3 is 0 Å². The fourth-order valence-electron chi connectivity index (χ4n) is 2.54. The molecule has 1 heterocycles. The normalized spacial score (nSPS) is 17.4. The molecule has 0 aliphatic carbocycles. The highest BCUT2D eigenvalue weighted by Gasteiger charge is 2.30. The Bertz CT molecular complexity index is 453. The van der Waals surface area contributed by atoms with Crippen LogP contribution in [0, 0.1) is 5.82 Å². The summed E-state index contributed by atoms with van der Waals surface area (Å²) in [6, 6.07) is 5.94. The summed E-state index contributed by atoms with van der Waals surface area (Å²) in [6.07, 6.45) is 0.413. The average Bonchev–Trinajstić information content (AvgIpc) is 2.39. The summed E-state index contributed by atoms with van der Waals surface area (Å²) in [5, 5.41) is 3.30. The zero-order chi connectivity index (χ0) is 13.9. The van der Waals surface area contributed by atoms with E-state index in [0.29, 0.717) is 12.0 Å². The van der Waals surface area contributed by atoms with Crippen molar-refractivity contribution in [2.45, 2.75) is 25.8 Å². The first kappa shape index (κ1) is 14.2. The predicted octanol–water partition coefficient (Wildman–Crippen LogP) is 2.08. The zero-order valence-electron chi connectivity index (χ0n) is 11.6. The van der Waals surface area contributed by atoms with E-state index in [-0.39, 0.29) is 17.1 Å². The highest BCUT2D eigenvalue weighted by molar-refractivity contribution is 5.96. The minimum Gasteiger partial charge on any atom is -0.314 e. The highest BCUT2D eigenvalue weighted by atomic mass is 19.1. The topological polar surface area (TPSA) is 32.3 Å². The molecule has 0 spiro atoms. The number of piperazine rings is 1. The third kappa shape index (κ3) is 3.61. The summed E-state index contributed by atoms with van der Waals surface area (Å²) in [7, 11) is 0. The third-order valence-corrected chi connectivity index (χ3v) is 3.71. The lowest BCUT2D eigenvalue weighted by Crippen LogP contribution is -2.54. The standard InChI is InChI=1S/C15H21FN2O/c1-15(2,18-8-6-17-7-9-18)11-14(19)12-4-3-5-13(16)10-12/h3-5,10,17H,6-9,11H2,1-2H3. The van der Waals surface area contributed by atoms with Gasteiger partial charge in [-0.2, -0.15) is 0 Å². The zero-order valence-corrected chi connectivity index (χ0v) is 11.6. The Hall–Kier alpha value is -1.26. The molecule has 3 nitrogen and oxygen atoms in total. The SMILES string of the molecule is CC(C)(CC(=O)c1cccc(F)c1)N1CCNCC1. The maximum absolute atomic E-state index is 13.1. The van der Waals surface area contributed by atoms with Crippen LogP contribution in [0.5, 0.6) is 0 Å². The molecule has 0 radical (unpaired) electrons. The largest absolute Gasteiger partial charge is 0.314 e. The molecule has 19 heavy (non-hydrogen) atoms. The number of ketones is 1. The van der Waals surface area contributed by atoms with Crippen LogP contribution in [0.3, 0.4) is 0 Å². The number of rotatable bonds is 4. The molecule has 2 rings (SSSR count). The van der Waals surface area contributed by atoms with Gasteiger partial charge in [0.25, 0.3) is 0 Å². The van der Waals surface area contributed by atoms with E-state index < -0.39 is 0 Å². The van der Waals surface area contributed by atoms with E-state index in [1.165, 1.54) is 12.1 Å². The van der Waals surface area contributed by atoms with Crippen LogP contribution >= 0.6 is 0 Å². The van der Waals surface area contributed by atoms with Crippen LogP contribution in [0.25, 0.3) is 0 Å². The molecule has 4 heteroatoms. The van der Waals surface area contributed by atoms with Crippen molar-refractivity contribution in [3.63, 3.8) is 0 Å². The van der Waals surface area contributed by atoms with Crippen LogP contribution in [0.4, 0.5) is 4.39 Å². The number of benzene rings is 1. The summed E-state index contributed by atoms with van der Waals surface area (Å²) >= 11 is 0. The molecule has 0 unspecified atom stereocenters. The van der Waals surface area contributed by atoms with Gasteiger partial charge in [-0.15, -0.1) is 0 Å². The Morgan fingerprint density at radius 1 is 1.37 bits per heavy atom. The molecule has 1 aromatic rings. The molecule has 0 saturated carbocycles. The Balaban J connectivity index is 2.04. The number of hydrogen-bond acceptors (Lipinski definition) is 3. The van der Waals surface area contributed by atoms with E-state index in [0.717, 1.165) is 26.2 Å². The van der Waals surface area contributed by atoms with Gasteiger partial charge in [-0.3, -0.25) is 9.69 Å². The van der Waals surface area contributed by atoms with Crippen molar-refractivity contribution < 1.29 is 9.18 Å². The third-order valence-electron chi connectivity index (χ3n) is 3.71. The second kappa shape index (κ2) is 5.80. The highest BCUT2D eigenvalue weighted by Crippen LogP contribution is 2.22. The van der Waals surface area contributed by atoms with Gasteiger partial charge < -0.3 is 5.32 Å². The first-order valence-electron chi connectivity index (χ1n) is 6.73. The molecule has 0 aromatic heterocycles. The number of Topliss-reactive ketones (excluding diaryl/α,β-unsaturated/α-hetero) is 1. The number of nitrogens with zero attached hydrogens (tertiary/aromatic N) is 1. The first-order valence-corrected chi connectivity index (χ1v) is 6.73. The molecule has 0 atom stereocenters. The lowest BCUT2D eigenvalue weighted by Gasteiger charge is -2.40. The van der Waals surface area contributed by atoms with Gasteiger partial charge in [0.1, 0.15) is 5.82 Å². The second-order valence-corrected chi connectivity index (χ2v) is 5.66. The van der Waals surface area contributed by atoms with Gasteiger partial charge in [0.15, 0.2) is 5.78 Å².